The van der Waals surface area contributed by atoms with Crippen LogP contribution in [-0.4, -0.2) is 36.7 Å². The molecule has 2 heterocycles. The summed E-state index contributed by atoms with van der Waals surface area (Å²) in [6, 6.07) is 0.794. The number of rotatable bonds is 3. The van der Waals surface area contributed by atoms with Gasteiger partial charge in [0.2, 0.25) is 0 Å². The van der Waals surface area contributed by atoms with Crippen molar-refractivity contribution in [3.8, 4) is 0 Å². The van der Waals surface area contributed by atoms with Crippen LogP contribution in [0, 0.1) is 5.92 Å². The van der Waals surface area contributed by atoms with Crippen LogP contribution in [0.1, 0.15) is 33.1 Å². The second kappa shape index (κ2) is 3.97. The molecule has 2 nitrogen and oxygen atoms in total. The molecule has 2 aliphatic rings. The van der Waals surface area contributed by atoms with Crippen LogP contribution in [0.25, 0.3) is 0 Å². The molecule has 13 heavy (non-hydrogen) atoms. The molecule has 2 aliphatic heterocycles. The van der Waals surface area contributed by atoms with Gasteiger partial charge >= 0.3 is 0 Å². The maximum absolute atomic E-state index is 5.23. The summed E-state index contributed by atoms with van der Waals surface area (Å²) in [4.78, 5) is 2.63. The van der Waals surface area contributed by atoms with Gasteiger partial charge in [0.05, 0.1) is 12.7 Å². The van der Waals surface area contributed by atoms with Crippen molar-refractivity contribution in [1.29, 1.82) is 0 Å². The first-order chi connectivity index (χ1) is 6.25. The summed E-state index contributed by atoms with van der Waals surface area (Å²) in [5.74, 6) is 0.934. The standard InChI is InChI=1S/C11H21NO/c1-9-3-5-12(10(2)7-9)6-4-11-8-13-11/h9-11H,3-8H2,1-2H3. The van der Waals surface area contributed by atoms with Crippen LogP contribution in [0.2, 0.25) is 0 Å². The lowest BCUT2D eigenvalue weighted by atomic mass is 9.93. The Bertz CT molecular complexity index is 167. The second-order valence-electron chi connectivity index (χ2n) is 4.76. The van der Waals surface area contributed by atoms with Crippen molar-refractivity contribution in [2.24, 2.45) is 5.92 Å². The van der Waals surface area contributed by atoms with Gasteiger partial charge in [-0.25, -0.2) is 0 Å². The number of ether oxygens (including phenoxy) is 1. The van der Waals surface area contributed by atoms with Gasteiger partial charge in [-0.3, -0.25) is 0 Å². The van der Waals surface area contributed by atoms with Gasteiger partial charge in [0.25, 0.3) is 0 Å². The summed E-state index contributed by atoms with van der Waals surface area (Å²) < 4.78 is 5.23. The van der Waals surface area contributed by atoms with E-state index in [1.165, 1.54) is 32.4 Å². The molecule has 0 aromatic carbocycles. The van der Waals surface area contributed by atoms with Crippen molar-refractivity contribution in [3.05, 3.63) is 0 Å². The summed E-state index contributed by atoms with van der Waals surface area (Å²) in [6.07, 6.45) is 4.62. The zero-order chi connectivity index (χ0) is 9.26. The molecular weight excluding hydrogens is 162 g/mol. The Kier molecular flexibility index (Phi) is 2.89. The van der Waals surface area contributed by atoms with Gasteiger partial charge in [-0.05, 0) is 38.6 Å². The SMILES string of the molecule is CC1CCN(CCC2CO2)C(C)C1. The van der Waals surface area contributed by atoms with Crippen LogP contribution in [0.3, 0.4) is 0 Å². The topological polar surface area (TPSA) is 15.8 Å². The van der Waals surface area contributed by atoms with Crippen LogP contribution in [-0.2, 0) is 4.74 Å². The first kappa shape index (κ1) is 9.47. The van der Waals surface area contributed by atoms with Gasteiger partial charge in [0, 0.05) is 12.6 Å². The van der Waals surface area contributed by atoms with E-state index in [-0.39, 0.29) is 0 Å². The number of nitrogens with zero attached hydrogens (tertiary/aromatic N) is 1. The number of piperidine rings is 1. The Morgan fingerprint density at radius 1 is 1.38 bits per heavy atom. The van der Waals surface area contributed by atoms with E-state index in [9.17, 15) is 0 Å². The molecule has 2 saturated heterocycles. The van der Waals surface area contributed by atoms with Gasteiger partial charge < -0.3 is 9.64 Å². The Hall–Kier alpha value is -0.0800. The highest BCUT2D eigenvalue weighted by molar-refractivity contribution is 4.79. The molecule has 0 spiro atoms. The van der Waals surface area contributed by atoms with E-state index in [0.29, 0.717) is 6.10 Å². The number of hydrogen-bond donors (Lipinski definition) is 0. The molecule has 0 aromatic heterocycles. The molecule has 3 unspecified atom stereocenters. The van der Waals surface area contributed by atoms with E-state index < -0.39 is 0 Å². The predicted molar refractivity (Wildman–Crippen MR) is 53.8 cm³/mol. The summed E-state index contributed by atoms with van der Waals surface area (Å²) in [5.41, 5.74) is 0. The van der Waals surface area contributed by atoms with Gasteiger partial charge in [-0.15, -0.1) is 0 Å². The first-order valence-electron chi connectivity index (χ1n) is 5.61. The van der Waals surface area contributed by atoms with Gasteiger partial charge in [0.1, 0.15) is 0 Å². The molecule has 0 N–H and O–H groups in total. The van der Waals surface area contributed by atoms with Crippen molar-refractivity contribution in [3.63, 3.8) is 0 Å². The Morgan fingerprint density at radius 2 is 2.15 bits per heavy atom. The third-order valence-corrected chi connectivity index (χ3v) is 3.42. The fourth-order valence-electron chi connectivity index (χ4n) is 2.33. The summed E-state index contributed by atoms with van der Waals surface area (Å²) >= 11 is 0. The number of likely N-dealkylation sites (tertiary alicyclic amines) is 1. The minimum atomic E-state index is 0.603. The highest BCUT2D eigenvalue weighted by Crippen LogP contribution is 2.23. The Balaban J connectivity index is 1.71. The highest BCUT2D eigenvalue weighted by Gasteiger charge is 2.26. The van der Waals surface area contributed by atoms with Crippen molar-refractivity contribution < 1.29 is 4.74 Å². The van der Waals surface area contributed by atoms with Gasteiger partial charge in [-0.2, -0.15) is 0 Å². The molecule has 0 bridgehead atoms. The summed E-state index contributed by atoms with van der Waals surface area (Å²) in [5, 5.41) is 0. The van der Waals surface area contributed by atoms with Crippen LogP contribution in [0.15, 0.2) is 0 Å². The summed E-state index contributed by atoms with van der Waals surface area (Å²) in [7, 11) is 0. The first-order valence-corrected chi connectivity index (χ1v) is 5.61. The molecule has 0 aliphatic carbocycles. The lowest BCUT2D eigenvalue weighted by Crippen LogP contribution is -2.40. The highest BCUT2D eigenvalue weighted by atomic mass is 16.6. The van der Waals surface area contributed by atoms with E-state index in [1.807, 2.05) is 0 Å². The van der Waals surface area contributed by atoms with Crippen molar-refractivity contribution in [2.75, 3.05) is 19.7 Å². The largest absolute Gasteiger partial charge is 0.373 e. The van der Waals surface area contributed by atoms with Crippen molar-refractivity contribution in [1.82, 2.24) is 4.90 Å². The molecule has 0 saturated carbocycles. The van der Waals surface area contributed by atoms with Crippen molar-refractivity contribution in [2.45, 2.75) is 45.3 Å². The van der Waals surface area contributed by atoms with Crippen LogP contribution < -0.4 is 0 Å². The Morgan fingerprint density at radius 3 is 2.77 bits per heavy atom. The molecule has 76 valence electrons. The predicted octanol–water partition coefficient (Wildman–Crippen LogP) is 1.90. The molecule has 0 amide bonds. The van der Waals surface area contributed by atoms with Crippen molar-refractivity contribution >= 4 is 0 Å². The van der Waals surface area contributed by atoms with E-state index in [4.69, 9.17) is 4.74 Å². The average molecular weight is 183 g/mol. The fraction of sp³-hybridized carbons (Fsp3) is 1.00. The molecule has 2 fully saturated rings. The number of hydrogen-bond acceptors (Lipinski definition) is 2. The van der Waals surface area contributed by atoms with Crippen LogP contribution in [0.5, 0.6) is 0 Å². The number of epoxide rings is 1. The molecule has 0 aromatic rings. The minimum Gasteiger partial charge on any atom is -0.373 e. The molecule has 0 radical (unpaired) electrons. The average Bonchev–Trinajstić information content (AvgIpc) is 2.86. The maximum atomic E-state index is 5.23. The quantitative estimate of drug-likeness (QED) is 0.621. The van der Waals surface area contributed by atoms with Gasteiger partial charge in [0.15, 0.2) is 0 Å². The second-order valence-corrected chi connectivity index (χ2v) is 4.76. The van der Waals surface area contributed by atoms with E-state index >= 15 is 0 Å². The lowest BCUT2D eigenvalue weighted by molar-refractivity contribution is 0.125. The molecular formula is C11H21NO. The van der Waals surface area contributed by atoms with E-state index in [0.717, 1.165) is 18.6 Å². The third kappa shape index (κ3) is 2.68. The van der Waals surface area contributed by atoms with Crippen LogP contribution >= 0.6 is 0 Å². The fourth-order valence-corrected chi connectivity index (χ4v) is 2.33. The minimum absolute atomic E-state index is 0.603. The zero-order valence-electron chi connectivity index (χ0n) is 8.83. The van der Waals surface area contributed by atoms with E-state index in [1.54, 1.807) is 0 Å². The monoisotopic (exact) mass is 183 g/mol. The van der Waals surface area contributed by atoms with Crippen LogP contribution in [0.4, 0.5) is 0 Å². The molecule has 2 rings (SSSR count). The molecule has 3 atom stereocenters. The normalized spacial score (nSPS) is 40.6. The smallest absolute Gasteiger partial charge is 0.0822 e. The summed E-state index contributed by atoms with van der Waals surface area (Å²) in [6.45, 7) is 8.30. The molecule has 2 heteroatoms. The van der Waals surface area contributed by atoms with E-state index in [2.05, 4.69) is 18.7 Å². The Labute approximate surface area is 81.3 Å². The van der Waals surface area contributed by atoms with Gasteiger partial charge in [-0.1, -0.05) is 6.92 Å². The lowest BCUT2D eigenvalue weighted by Gasteiger charge is -2.36. The zero-order valence-corrected chi connectivity index (χ0v) is 8.83. The third-order valence-electron chi connectivity index (χ3n) is 3.42. The maximum Gasteiger partial charge on any atom is 0.0822 e.